The van der Waals surface area contributed by atoms with Crippen LogP contribution in [-0.4, -0.2) is 24.0 Å². The van der Waals surface area contributed by atoms with Crippen molar-refractivity contribution in [2.24, 2.45) is 0 Å². The Kier molecular flexibility index (Phi) is 6.23. The highest BCUT2D eigenvalue weighted by molar-refractivity contribution is 6.05. The number of benzene rings is 3. The number of nitro groups is 1. The van der Waals surface area contributed by atoms with Crippen LogP contribution in [0.15, 0.2) is 72.8 Å². The van der Waals surface area contributed by atoms with Crippen molar-refractivity contribution in [1.82, 2.24) is 0 Å². The van der Waals surface area contributed by atoms with Crippen LogP contribution >= 0.6 is 0 Å². The van der Waals surface area contributed by atoms with Crippen molar-refractivity contribution in [1.29, 1.82) is 0 Å². The van der Waals surface area contributed by atoms with Crippen LogP contribution in [0.3, 0.4) is 0 Å². The molecule has 0 bridgehead atoms. The number of methoxy groups -OCH3 is 1. The quantitative estimate of drug-likeness (QED) is 0.411. The van der Waals surface area contributed by atoms with E-state index in [2.05, 4.69) is 16.0 Å². The Morgan fingerprint density at radius 3 is 2.20 bits per heavy atom. The van der Waals surface area contributed by atoms with Gasteiger partial charge in [-0.3, -0.25) is 14.9 Å². The molecule has 0 radical (unpaired) electrons. The van der Waals surface area contributed by atoms with Gasteiger partial charge in [0.25, 0.3) is 11.6 Å². The largest absolute Gasteiger partial charge is 0.497 e. The van der Waals surface area contributed by atoms with Gasteiger partial charge < -0.3 is 20.7 Å². The first-order chi connectivity index (χ1) is 14.5. The number of nitrogens with zero attached hydrogens (tertiary/aromatic N) is 1. The zero-order chi connectivity index (χ0) is 21.5. The van der Waals surface area contributed by atoms with Gasteiger partial charge >= 0.3 is 6.03 Å². The highest BCUT2D eigenvalue weighted by atomic mass is 16.6. The lowest BCUT2D eigenvalue weighted by atomic mass is 10.2. The summed E-state index contributed by atoms with van der Waals surface area (Å²) in [6.07, 6.45) is 0. The van der Waals surface area contributed by atoms with Crippen molar-refractivity contribution in [2.45, 2.75) is 0 Å². The number of rotatable bonds is 6. The van der Waals surface area contributed by atoms with Gasteiger partial charge in [-0.1, -0.05) is 18.2 Å². The van der Waals surface area contributed by atoms with Crippen LogP contribution < -0.4 is 20.7 Å². The average Bonchev–Trinajstić information content (AvgIpc) is 2.75. The summed E-state index contributed by atoms with van der Waals surface area (Å²) in [6.45, 7) is 0. The Labute approximate surface area is 171 Å². The van der Waals surface area contributed by atoms with Crippen LogP contribution in [0.2, 0.25) is 0 Å². The molecule has 0 unspecified atom stereocenters. The molecule has 0 atom stereocenters. The Bertz CT molecular complexity index is 1080. The molecule has 0 saturated carbocycles. The topological polar surface area (TPSA) is 123 Å². The van der Waals surface area contributed by atoms with E-state index in [1.807, 2.05) is 0 Å². The number of para-hydroxylation sites is 2. The van der Waals surface area contributed by atoms with Crippen LogP contribution in [0, 0.1) is 10.1 Å². The molecule has 3 rings (SSSR count). The van der Waals surface area contributed by atoms with E-state index in [0.717, 1.165) is 0 Å². The zero-order valence-electron chi connectivity index (χ0n) is 15.9. The summed E-state index contributed by atoms with van der Waals surface area (Å²) in [5.41, 5.74) is 1.31. The summed E-state index contributed by atoms with van der Waals surface area (Å²) in [7, 11) is 1.52. The molecule has 9 heteroatoms. The van der Waals surface area contributed by atoms with E-state index in [-0.39, 0.29) is 17.3 Å². The summed E-state index contributed by atoms with van der Waals surface area (Å²) in [4.78, 5) is 34.9. The van der Waals surface area contributed by atoms with Crippen LogP contribution in [-0.2, 0) is 0 Å². The van der Waals surface area contributed by atoms with Crippen LogP contribution in [0.4, 0.5) is 27.5 Å². The van der Waals surface area contributed by atoms with Gasteiger partial charge in [0.05, 0.1) is 12.0 Å². The molecule has 0 aliphatic rings. The van der Waals surface area contributed by atoms with E-state index >= 15 is 0 Å². The number of anilines is 3. The highest BCUT2D eigenvalue weighted by Gasteiger charge is 2.14. The second kappa shape index (κ2) is 9.20. The molecule has 0 heterocycles. The summed E-state index contributed by atoms with van der Waals surface area (Å²) in [6, 6.07) is 18.4. The molecule has 0 aliphatic carbocycles. The number of urea groups is 1. The van der Waals surface area contributed by atoms with E-state index in [4.69, 9.17) is 4.74 Å². The number of hydrogen-bond donors (Lipinski definition) is 3. The molecule has 3 aromatic carbocycles. The molecular weight excluding hydrogens is 388 g/mol. The van der Waals surface area contributed by atoms with Crippen molar-refractivity contribution in [2.75, 3.05) is 23.1 Å². The van der Waals surface area contributed by atoms with Gasteiger partial charge in [0.1, 0.15) is 11.4 Å². The number of amides is 3. The Morgan fingerprint density at radius 2 is 1.53 bits per heavy atom. The summed E-state index contributed by atoms with van der Waals surface area (Å²) in [5, 5.41) is 18.8. The first-order valence-electron chi connectivity index (χ1n) is 8.83. The van der Waals surface area contributed by atoms with E-state index in [0.29, 0.717) is 22.7 Å². The monoisotopic (exact) mass is 406 g/mol. The molecule has 0 aliphatic heterocycles. The fraction of sp³-hybridized carbons (Fsp3) is 0.0476. The van der Waals surface area contributed by atoms with E-state index in [1.54, 1.807) is 54.6 Å². The molecule has 0 saturated heterocycles. The normalized spacial score (nSPS) is 10.0. The maximum absolute atomic E-state index is 12.3. The highest BCUT2D eigenvalue weighted by Crippen LogP contribution is 2.23. The number of hydrogen-bond acceptors (Lipinski definition) is 5. The zero-order valence-corrected chi connectivity index (χ0v) is 15.9. The molecule has 152 valence electrons. The second-order valence-corrected chi connectivity index (χ2v) is 6.12. The van der Waals surface area contributed by atoms with Gasteiger partial charge in [0, 0.05) is 23.0 Å². The van der Waals surface area contributed by atoms with Crippen molar-refractivity contribution in [3.63, 3.8) is 0 Å². The van der Waals surface area contributed by atoms with Gasteiger partial charge in [0.2, 0.25) is 0 Å². The lowest BCUT2D eigenvalue weighted by Gasteiger charge is -2.10. The Balaban J connectivity index is 1.61. The van der Waals surface area contributed by atoms with Crippen LogP contribution in [0.5, 0.6) is 5.75 Å². The Hall–Kier alpha value is -4.40. The van der Waals surface area contributed by atoms with Crippen molar-refractivity contribution < 1.29 is 19.2 Å². The minimum absolute atomic E-state index is 0.0853. The lowest BCUT2D eigenvalue weighted by Crippen LogP contribution is -2.20. The van der Waals surface area contributed by atoms with E-state index < -0.39 is 11.0 Å². The molecule has 9 nitrogen and oxygen atoms in total. The number of ether oxygens (including phenoxy) is 1. The molecular formula is C21H18N4O5. The van der Waals surface area contributed by atoms with Gasteiger partial charge in [-0.2, -0.15) is 0 Å². The number of carbonyl (C=O) groups excluding carboxylic acids is 2. The number of nitrogens with one attached hydrogen (secondary N) is 3. The van der Waals surface area contributed by atoms with Crippen LogP contribution in [0.25, 0.3) is 0 Å². The third kappa shape index (κ3) is 5.10. The first kappa shape index (κ1) is 20.3. The standard InChI is InChI=1S/C21H18N4O5/c1-30-17-6-4-5-14(13-17)20(26)22-15-9-11-16(12-10-15)23-21(27)24-18-7-2-3-8-19(18)25(28)29/h2-13H,1H3,(H,22,26)(H2,23,24,27). The van der Waals surface area contributed by atoms with Crippen molar-refractivity contribution >= 4 is 34.7 Å². The van der Waals surface area contributed by atoms with Crippen molar-refractivity contribution in [3.05, 3.63) is 88.5 Å². The predicted molar refractivity (Wildman–Crippen MR) is 113 cm³/mol. The summed E-state index contributed by atoms with van der Waals surface area (Å²) >= 11 is 0. The second-order valence-electron chi connectivity index (χ2n) is 6.12. The molecule has 3 N–H and O–H groups in total. The van der Waals surface area contributed by atoms with E-state index in [9.17, 15) is 19.7 Å². The molecule has 30 heavy (non-hydrogen) atoms. The Morgan fingerprint density at radius 1 is 0.867 bits per heavy atom. The minimum atomic E-state index is -0.627. The smallest absolute Gasteiger partial charge is 0.323 e. The average molecular weight is 406 g/mol. The number of carbonyl (C=O) groups is 2. The van der Waals surface area contributed by atoms with Crippen LogP contribution in [0.1, 0.15) is 10.4 Å². The first-order valence-corrected chi connectivity index (χ1v) is 8.83. The van der Waals surface area contributed by atoms with Gasteiger partial charge in [0.15, 0.2) is 0 Å². The summed E-state index contributed by atoms with van der Waals surface area (Å²) < 4.78 is 5.11. The van der Waals surface area contributed by atoms with Gasteiger partial charge in [-0.25, -0.2) is 4.79 Å². The predicted octanol–water partition coefficient (Wildman–Crippen LogP) is 4.50. The molecule has 0 spiro atoms. The number of nitro benzene ring substituents is 1. The van der Waals surface area contributed by atoms with E-state index in [1.165, 1.54) is 25.3 Å². The van der Waals surface area contributed by atoms with Gasteiger partial charge in [-0.05, 0) is 48.5 Å². The van der Waals surface area contributed by atoms with Gasteiger partial charge in [-0.15, -0.1) is 0 Å². The van der Waals surface area contributed by atoms with Crippen molar-refractivity contribution in [3.8, 4) is 5.75 Å². The molecule has 0 aromatic heterocycles. The maximum atomic E-state index is 12.3. The minimum Gasteiger partial charge on any atom is -0.497 e. The third-order valence-electron chi connectivity index (χ3n) is 4.08. The SMILES string of the molecule is COc1cccc(C(=O)Nc2ccc(NC(=O)Nc3ccccc3[N+](=O)[O-])cc2)c1. The molecule has 0 fully saturated rings. The lowest BCUT2D eigenvalue weighted by molar-refractivity contribution is -0.383. The third-order valence-corrected chi connectivity index (χ3v) is 4.08. The summed E-state index contributed by atoms with van der Waals surface area (Å²) in [5.74, 6) is 0.274. The molecule has 3 aromatic rings. The fourth-order valence-electron chi connectivity index (χ4n) is 2.63. The fourth-order valence-corrected chi connectivity index (χ4v) is 2.63. The maximum Gasteiger partial charge on any atom is 0.323 e. The molecule has 3 amide bonds.